The van der Waals surface area contributed by atoms with Crippen LogP contribution in [0.5, 0.6) is 0 Å². The summed E-state index contributed by atoms with van der Waals surface area (Å²) in [7, 11) is 0. The zero-order valence-corrected chi connectivity index (χ0v) is 33.9. The molecule has 0 aliphatic rings. The first-order chi connectivity index (χ1) is 28.7. The van der Waals surface area contributed by atoms with Crippen LogP contribution in [0.2, 0.25) is 0 Å². The van der Waals surface area contributed by atoms with Gasteiger partial charge in [0.1, 0.15) is 0 Å². The first kappa shape index (κ1) is 33.5. The normalized spacial score (nSPS) is 11.8. The smallest absolute Gasteiger partial charge is 0.0602 e. The number of nitrogens with zero attached hydrogens (tertiary/aromatic N) is 2. The number of rotatable bonds is 6. The van der Waals surface area contributed by atoms with Gasteiger partial charge in [0, 0.05) is 31.9 Å². The molecule has 0 aliphatic heterocycles. The molecule has 0 fully saturated rings. The van der Waals surface area contributed by atoms with E-state index in [-0.39, 0.29) is 0 Å². The van der Waals surface area contributed by atoms with Crippen molar-refractivity contribution in [3.05, 3.63) is 206 Å². The Hall–Kier alpha value is -6.68. The van der Waals surface area contributed by atoms with Crippen LogP contribution in [0.25, 0.3) is 89.2 Å². The summed E-state index contributed by atoms with van der Waals surface area (Å²) in [5.74, 6) is 0. The molecule has 3 aromatic heterocycles. The molecule has 0 aliphatic carbocycles. The Bertz CT molecular complexity index is 3500. The number of hydrogen-bond donors (Lipinski definition) is 0. The number of thiophene rings is 1. The minimum absolute atomic E-state index is 0.370. The van der Waals surface area contributed by atoms with E-state index in [0.29, 0.717) is 14.5 Å². The van der Waals surface area contributed by atoms with Crippen LogP contribution in [0, 0.1) is 0 Å². The third-order valence-electron chi connectivity index (χ3n) is 11.6. The molecule has 9 aromatic carbocycles. The van der Waals surface area contributed by atoms with Crippen molar-refractivity contribution in [2.24, 2.45) is 0 Å². The molecule has 272 valence electrons. The number of aromatic nitrogens is 1. The van der Waals surface area contributed by atoms with Gasteiger partial charge in [-0.3, -0.25) is 0 Å². The van der Waals surface area contributed by atoms with E-state index in [9.17, 15) is 0 Å². The van der Waals surface area contributed by atoms with Crippen LogP contribution >= 0.6 is 11.3 Å². The van der Waals surface area contributed by atoms with Gasteiger partial charge in [0.25, 0.3) is 0 Å². The van der Waals surface area contributed by atoms with E-state index in [1.165, 1.54) is 89.2 Å². The van der Waals surface area contributed by atoms with E-state index >= 15 is 0 Å². The molecular formula is C54H34N2SSe. The molecule has 0 saturated carbocycles. The topological polar surface area (TPSA) is 8.17 Å². The summed E-state index contributed by atoms with van der Waals surface area (Å²) < 4.78 is 7.94. The van der Waals surface area contributed by atoms with Crippen LogP contribution < -0.4 is 4.90 Å². The van der Waals surface area contributed by atoms with E-state index in [0.717, 1.165) is 17.1 Å². The van der Waals surface area contributed by atoms with Crippen LogP contribution in [0.4, 0.5) is 17.1 Å². The fourth-order valence-corrected chi connectivity index (χ4v) is 12.2. The fraction of sp³-hybridized carbons (Fsp3) is 0. The molecule has 12 rings (SSSR count). The molecule has 58 heavy (non-hydrogen) atoms. The number of para-hydroxylation sites is 2. The van der Waals surface area contributed by atoms with Crippen molar-refractivity contribution < 1.29 is 0 Å². The minimum atomic E-state index is 0.370. The molecule has 0 saturated heterocycles. The van der Waals surface area contributed by atoms with E-state index in [1.807, 2.05) is 11.3 Å². The second-order valence-electron chi connectivity index (χ2n) is 14.9. The molecule has 2 nitrogen and oxygen atoms in total. The molecule has 4 heteroatoms. The summed E-state index contributed by atoms with van der Waals surface area (Å²) in [6.45, 7) is 0. The van der Waals surface area contributed by atoms with Crippen LogP contribution in [0.15, 0.2) is 206 Å². The van der Waals surface area contributed by atoms with Crippen LogP contribution in [0.3, 0.4) is 0 Å². The standard InChI is InChI=1S/C54H34N2SSe/c1-2-10-39(11-3-1)56-49-15-7-4-12-43(49)44-29-22-38(33-50(44)56)36-20-26-41(27-21-36)55(42-28-30-46-45-13-5-8-16-51(45)57-52(46)34-42)40-24-18-35(19-25-40)37-23-31-54-48(32-37)47-14-6-9-17-53(47)58-54/h1-34H. The van der Waals surface area contributed by atoms with Gasteiger partial charge >= 0.3 is 181 Å². The Morgan fingerprint density at radius 2 is 0.897 bits per heavy atom. The summed E-state index contributed by atoms with van der Waals surface area (Å²) in [4.78, 5) is 2.40. The van der Waals surface area contributed by atoms with Crippen molar-refractivity contribution in [2.45, 2.75) is 0 Å². The van der Waals surface area contributed by atoms with Crippen molar-refractivity contribution in [3.8, 4) is 27.9 Å². The second kappa shape index (κ2) is 13.5. The number of anilines is 3. The maximum atomic E-state index is 2.40. The molecule has 0 unspecified atom stereocenters. The van der Waals surface area contributed by atoms with E-state index in [4.69, 9.17) is 0 Å². The third kappa shape index (κ3) is 5.45. The first-order valence-corrected chi connectivity index (χ1v) is 22.2. The number of hydrogen-bond acceptors (Lipinski definition) is 2. The summed E-state index contributed by atoms with van der Waals surface area (Å²) in [6, 6.07) is 76.1. The quantitative estimate of drug-likeness (QED) is 0.152. The molecule has 0 radical (unpaired) electrons. The molecule has 12 aromatic rings. The Morgan fingerprint density at radius 1 is 0.345 bits per heavy atom. The van der Waals surface area contributed by atoms with Gasteiger partial charge < -0.3 is 4.57 Å². The molecule has 0 amide bonds. The van der Waals surface area contributed by atoms with Crippen LogP contribution in [-0.4, -0.2) is 19.1 Å². The third-order valence-corrected chi connectivity index (χ3v) is 15.2. The van der Waals surface area contributed by atoms with Gasteiger partial charge in [-0.05, 0) is 41.5 Å². The Morgan fingerprint density at radius 3 is 1.69 bits per heavy atom. The summed E-state index contributed by atoms with van der Waals surface area (Å²) in [5.41, 5.74) is 11.8. The van der Waals surface area contributed by atoms with Crippen molar-refractivity contribution in [1.82, 2.24) is 4.57 Å². The van der Waals surface area contributed by atoms with Crippen molar-refractivity contribution in [2.75, 3.05) is 4.90 Å². The van der Waals surface area contributed by atoms with Crippen molar-refractivity contribution >= 4 is 104 Å². The summed E-state index contributed by atoms with van der Waals surface area (Å²) in [6.07, 6.45) is 0. The first-order valence-electron chi connectivity index (χ1n) is 19.7. The van der Waals surface area contributed by atoms with Gasteiger partial charge in [-0.25, -0.2) is 0 Å². The molecule has 0 N–H and O–H groups in total. The van der Waals surface area contributed by atoms with Crippen LogP contribution in [0.1, 0.15) is 0 Å². The molecule has 0 spiro atoms. The Labute approximate surface area is 345 Å². The van der Waals surface area contributed by atoms with E-state index < -0.39 is 0 Å². The average Bonchev–Trinajstić information content (AvgIpc) is 3.96. The predicted octanol–water partition coefficient (Wildman–Crippen LogP) is 15.3. The summed E-state index contributed by atoms with van der Waals surface area (Å²) in [5, 5.41) is 7.92. The van der Waals surface area contributed by atoms with E-state index in [1.54, 1.807) is 0 Å². The molecule has 0 atom stereocenters. The van der Waals surface area contributed by atoms with Gasteiger partial charge in [-0.15, -0.1) is 11.3 Å². The summed E-state index contributed by atoms with van der Waals surface area (Å²) >= 11 is 2.23. The minimum Gasteiger partial charge on any atom is -0.0602 e. The molecule has 3 heterocycles. The monoisotopic (exact) mass is 822 g/mol. The zero-order valence-electron chi connectivity index (χ0n) is 31.3. The Balaban J connectivity index is 0.956. The van der Waals surface area contributed by atoms with Gasteiger partial charge in [-0.1, -0.05) is 66.7 Å². The van der Waals surface area contributed by atoms with Crippen LogP contribution in [-0.2, 0) is 0 Å². The van der Waals surface area contributed by atoms with Gasteiger partial charge in [-0.2, -0.15) is 0 Å². The maximum absolute atomic E-state index is 2.40. The van der Waals surface area contributed by atoms with Gasteiger partial charge in [0.05, 0.1) is 11.0 Å². The fourth-order valence-electron chi connectivity index (χ4n) is 8.82. The number of fused-ring (bicyclic) bond motifs is 9. The second-order valence-corrected chi connectivity index (χ2v) is 18.3. The zero-order chi connectivity index (χ0) is 38.2. The predicted molar refractivity (Wildman–Crippen MR) is 251 cm³/mol. The van der Waals surface area contributed by atoms with Gasteiger partial charge in [0.2, 0.25) is 0 Å². The molecule has 0 bridgehead atoms. The number of benzene rings is 9. The van der Waals surface area contributed by atoms with Crippen molar-refractivity contribution in [3.63, 3.8) is 0 Å². The SMILES string of the molecule is c1ccc(-n2c3ccccc3c3ccc(-c4ccc(N(c5ccc(-c6ccc7[se]c8ccccc8c7c6)cc5)c5ccc6c(c5)sc5ccccc56)cc4)cc32)cc1. The molecular weight excluding hydrogens is 788 g/mol. The van der Waals surface area contributed by atoms with E-state index in [2.05, 4.69) is 216 Å². The van der Waals surface area contributed by atoms with Crippen molar-refractivity contribution in [1.29, 1.82) is 0 Å². The Kier molecular flexibility index (Phi) is 7.77. The van der Waals surface area contributed by atoms with Gasteiger partial charge in [0.15, 0.2) is 0 Å². The average molecular weight is 822 g/mol.